The fraction of sp³-hybridized carbons (Fsp3) is 0.222. The molecule has 1 unspecified atom stereocenters. The van der Waals surface area contributed by atoms with Crippen LogP contribution in [0.25, 0.3) is 0 Å². The lowest BCUT2D eigenvalue weighted by Crippen LogP contribution is -2.32. The van der Waals surface area contributed by atoms with Crippen molar-refractivity contribution >= 4 is 28.6 Å². The molecule has 0 aliphatic heterocycles. The molecule has 0 fully saturated rings. The molecular weight excluding hydrogens is 340 g/mol. The molecule has 1 rings (SSSR count). The van der Waals surface area contributed by atoms with Crippen LogP contribution in [0, 0.1) is 0 Å². The summed E-state index contributed by atoms with van der Waals surface area (Å²) in [7, 11) is 0. The van der Waals surface area contributed by atoms with E-state index in [1.165, 1.54) is 0 Å². The van der Waals surface area contributed by atoms with Crippen molar-refractivity contribution in [3.63, 3.8) is 0 Å². The number of rotatable bonds is 4. The third-order valence-corrected chi connectivity index (χ3v) is 2.33. The Hall–Kier alpha value is -0.990. The van der Waals surface area contributed by atoms with Crippen LogP contribution in [0.1, 0.15) is 10.4 Å². The highest BCUT2D eigenvalue weighted by atomic mass is 127. The van der Waals surface area contributed by atoms with Crippen LogP contribution in [0.3, 0.4) is 0 Å². The lowest BCUT2D eigenvalue weighted by Gasteiger charge is -2.17. The Morgan fingerprint density at radius 1 is 1.38 bits per heavy atom. The summed E-state index contributed by atoms with van der Waals surface area (Å²) in [6.07, 6.45) is -3.94. The molecule has 7 heteroatoms. The fourth-order valence-corrected chi connectivity index (χ4v) is 0.994. The molecule has 0 aromatic heterocycles. The normalized spacial score (nSPS) is 13.2. The van der Waals surface area contributed by atoms with Crippen LogP contribution in [-0.4, -0.2) is 21.4 Å². The van der Waals surface area contributed by atoms with Gasteiger partial charge in [-0.15, -0.1) is 0 Å². The van der Waals surface area contributed by atoms with E-state index in [2.05, 4.69) is 4.74 Å². The first-order valence-electron chi connectivity index (χ1n) is 4.01. The molecule has 0 heterocycles. The smallest absolute Gasteiger partial charge is 0.439 e. The molecule has 1 N–H and O–H groups in total. The number of carboxylic acid groups (broad SMARTS) is 1. The molecule has 0 aliphatic carbocycles. The number of aromatic carboxylic acids is 1. The number of ether oxygens (including phenoxy) is 1. The van der Waals surface area contributed by atoms with E-state index >= 15 is 0 Å². The van der Waals surface area contributed by atoms with Crippen molar-refractivity contribution in [3.05, 3.63) is 29.8 Å². The van der Waals surface area contributed by atoms with E-state index < -0.39 is 16.3 Å². The predicted octanol–water partition coefficient (Wildman–Crippen LogP) is 3.09. The van der Waals surface area contributed by atoms with Crippen LogP contribution in [0.2, 0.25) is 0 Å². The number of benzene rings is 1. The number of hydrogen-bond donors (Lipinski definition) is 1. The van der Waals surface area contributed by atoms with E-state index in [1.54, 1.807) is 0 Å². The molecule has 1 aromatic carbocycles. The molecule has 0 amide bonds. The average Bonchev–Trinajstić information content (AvgIpc) is 2.17. The molecule has 0 radical (unpaired) electrons. The predicted molar refractivity (Wildman–Crippen MR) is 57.9 cm³/mol. The summed E-state index contributed by atoms with van der Waals surface area (Å²) in [6.45, 7) is 0. The van der Waals surface area contributed by atoms with Crippen LogP contribution >= 0.6 is 22.6 Å². The first kappa shape index (κ1) is 13.1. The second-order valence-corrected chi connectivity index (χ2v) is 3.89. The molecule has 1 atom stereocenters. The van der Waals surface area contributed by atoms with Gasteiger partial charge in [-0.05, 0) is 46.9 Å². The first-order valence-corrected chi connectivity index (χ1v) is 5.26. The molecule has 0 spiro atoms. The highest BCUT2D eigenvalue weighted by Crippen LogP contribution is 2.30. The van der Waals surface area contributed by atoms with E-state index in [4.69, 9.17) is 5.11 Å². The molecule has 0 bridgehead atoms. The second-order valence-electron chi connectivity index (χ2n) is 2.79. The van der Waals surface area contributed by atoms with Crippen molar-refractivity contribution in [3.8, 4) is 5.75 Å². The quantitative estimate of drug-likeness (QED) is 0.673. The lowest BCUT2D eigenvalue weighted by molar-refractivity contribution is -0.192. The molecule has 0 aliphatic rings. The van der Waals surface area contributed by atoms with E-state index in [0.29, 0.717) is 0 Å². The Kier molecular flexibility index (Phi) is 4.00. The van der Waals surface area contributed by atoms with Crippen LogP contribution in [0.5, 0.6) is 5.75 Å². The molecule has 0 saturated carbocycles. The van der Waals surface area contributed by atoms with Gasteiger partial charge in [-0.3, -0.25) is 0 Å². The second kappa shape index (κ2) is 4.89. The Labute approximate surface area is 102 Å². The average molecular weight is 346 g/mol. The molecular formula is C9H6F3IO3. The van der Waals surface area contributed by atoms with Gasteiger partial charge in [0, 0.05) is 0 Å². The summed E-state index contributed by atoms with van der Waals surface area (Å²) >= 11 is 0.894. The maximum atomic E-state index is 12.8. The van der Waals surface area contributed by atoms with Crippen molar-refractivity contribution < 1.29 is 27.8 Å². The minimum absolute atomic E-state index is 0.0676. The number of alkyl halides is 4. The minimum Gasteiger partial charge on any atom is -0.478 e. The zero-order valence-corrected chi connectivity index (χ0v) is 9.82. The van der Waals surface area contributed by atoms with Gasteiger partial charge in [0.1, 0.15) is 5.75 Å². The van der Waals surface area contributed by atoms with Gasteiger partial charge in [0.15, 0.2) is 0 Å². The lowest BCUT2D eigenvalue weighted by atomic mass is 10.2. The summed E-state index contributed by atoms with van der Waals surface area (Å²) in [4.78, 5) is 10.5. The third-order valence-electron chi connectivity index (χ3n) is 1.61. The summed E-state index contributed by atoms with van der Waals surface area (Å²) in [5.41, 5.74) is -0.0676. The highest BCUT2D eigenvalue weighted by molar-refractivity contribution is 14.1. The van der Waals surface area contributed by atoms with Gasteiger partial charge in [-0.25, -0.2) is 9.18 Å². The first-order chi connectivity index (χ1) is 7.33. The van der Waals surface area contributed by atoms with Gasteiger partial charge < -0.3 is 9.84 Å². The maximum absolute atomic E-state index is 12.8. The van der Waals surface area contributed by atoms with Crippen LogP contribution in [-0.2, 0) is 0 Å². The number of hydrogen-bond acceptors (Lipinski definition) is 2. The molecule has 88 valence electrons. The zero-order chi connectivity index (χ0) is 12.3. The van der Waals surface area contributed by atoms with Crippen LogP contribution in [0.4, 0.5) is 13.2 Å². The molecule has 1 aromatic rings. The van der Waals surface area contributed by atoms with Crippen molar-refractivity contribution in [1.29, 1.82) is 0 Å². The van der Waals surface area contributed by atoms with Crippen LogP contribution < -0.4 is 4.74 Å². The summed E-state index contributed by atoms with van der Waals surface area (Å²) in [6, 6.07) is 4.26. The zero-order valence-electron chi connectivity index (χ0n) is 7.66. The summed E-state index contributed by atoms with van der Waals surface area (Å²) < 4.78 is 39.5. The van der Waals surface area contributed by atoms with Gasteiger partial charge in [-0.2, -0.15) is 8.78 Å². The van der Waals surface area contributed by atoms with Crippen molar-refractivity contribution in [1.82, 2.24) is 0 Å². The SMILES string of the molecule is O=C(O)c1ccc(OC(F)(F)C(F)I)cc1. The summed E-state index contributed by atoms with van der Waals surface area (Å²) in [5, 5.41) is 8.55. The van der Waals surface area contributed by atoms with Gasteiger partial charge in [0.05, 0.1) is 5.56 Å². The Balaban J connectivity index is 2.80. The monoisotopic (exact) mass is 346 g/mol. The van der Waals surface area contributed by atoms with E-state index in [0.717, 1.165) is 46.9 Å². The largest absolute Gasteiger partial charge is 0.478 e. The van der Waals surface area contributed by atoms with Crippen molar-refractivity contribution in [2.24, 2.45) is 0 Å². The maximum Gasteiger partial charge on any atom is 0.439 e. The van der Waals surface area contributed by atoms with E-state index in [9.17, 15) is 18.0 Å². The number of halogens is 4. The standard InChI is InChI=1S/C9H6F3IO3/c10-8(13)9(11,12)16-6-3-1-5(2-4-6)7(14)15/h1-4,8H,(H,14,15). The Bertz CT molecular complexity index is 378. The topological polar surface area (TPSA) is 46.5 Å². The molecule has 0 saturated heterocycles. The van der Waals surface area contributed by atoms with Gasteiger partial charge >= 0.3 is 12.1 Å². The number of carboxylic acids is 1. The molecule has 3 nitrogen and oxygen atoms in total. The van der Waals surface area contributed by atoms with Gasteiger partial charge in [0.2, 0.25) is 0 Å². The van der Waals surface area contributed by atoms with Crippen LogP contribution in [0.15, 0.2) is 24.3 Å². The van der Waals surface area contributed by atoms with Gasteiger partial charge in [0.25, 0.3) is 4.18 Å². The van der Waals surface area contributed by atoms with Crippen molar-refractivity contribution in [2.75, 3.05) is 0 Å². The Morgan fingerprint density at radius 2 is 1.88 bits per heavy atom. The third kappa shape index (κ3) is 3.26. The van der Waals surface area contributed by atoms with Crippen molar-refractivity contribution in [2.45, 2.75) is 10.3 Å². The van der Waals surface area contributed by atoms with E-state index in [-0.39, 0.29) is 11.3 Å². The van der Waals surface area contributed by atoms with E-state index in [1.807, 2.05) is 0 Å². The minimum atomic E-state index is -3.94. The number of carbonyl (C=O) groups is 1. The molecule has 16 heavy (non-hydrogen) atoms. The fourth-order valence-electron chi connectivity index (χ4n) is 0.867. The highest BCUT2D eigenvalue weighted by Gasteiger charge is 2.41. The van der Waals surface area contributed by atoms with Gasteiger partial charge in [-0.1, -0.05) is 0 Å². The Morgan fingerprint density at radius 3 is 2.25 bits per heavy atom. The summed E-state index contributed by atoms with van der Waals surface area (Å²) in [5.74, 6) is -1.48.